The van der Waals surface area contributed by atoms with Gasteiger partial charge in [0.25, 0.3) is 0 Å². The molecule has 0 saturated carbocycles. The molecular weight excluding hydrogens is 401 g/mol. The lowest BCUT2D eigenvalue weighted by molar-refractivity contribution is -0.342. The minimum absolute atomic E-state index is 0.668. The third-order valence-corrected chi connectivity index (χ3v) is 5.52. The molecule has 0 atom stereocenters. The van der Waals surface area contributed by atoms with Crippen LogP contribution in [-0.4, -0.2) is 18.3 Å². The molecule has 3 nitrogen and oxygen atoms in total. The van der Waals surface area contributed by atoms with Crippen molar-refractivity contribution in [2.45, 2.75) is 6.18 Å². The minimum Gasteiger partial charge on any atom is -0.497 e. The van der Waals surface area contributed by atoms with Gasteiger partial charge in [-0.3, -0.25) is 0 Å². The molecule has 0 spiro atoms. The molecule has 1 aromatic heterocycles. The van der Waals surface area contributed by atoms with Crippen LogP contribution < -0.4 is 9.73 Å². The molecule has 1 aliphatic heterocycles. The smallest absolute Gasteiger partial charge is 0.416 e. The van der Waals surface area contributed by atoms with Crippen LogP contribution >= 0.6 is 0 Å². The molecule has 0 unspecified atom stereocenters. The zero-order valence-electron chi connectivity index (χ0n) is 16.5. The Kier molecular flexibility index (Phi) is 4.43. The summed E-state index contributed by atoms with van der Waals surface area (Å²) in [7, 11) is 1.61. The van der Waals surface area contributed by atoms with Crippen molar-refractivity contribution in [2.75, 3.05) is 7.11 Å². The van der Waals surface area contributed by atoms with Crippen molar-refractivity contribution < 1.29 is 22.9 Å². The minimum atomic E-state index is -4.38. The summed E-state index contributed by atoms with van der Waals surface area (Å²) in [5, 5.41) is 0.959. The number of para-hydroxylation sites is 1. The summed E-state index contributed by atoms with van der Waals surface area (Å²) in [6.07, 6.45) is -0.588. The van der Waals surface area contributed by atoms with E-state index >= 15 is 0 Å². The first kappa shape index (κ1) is 19.2. The summed E-state index contributed by atoms with van der Waals surface area (Å²) in [6, 6.07) is 18.9. The number of aromatic amines is 1. The lowest BCUT2D eigenvalue weighted by Crippen LogP contribution is -2.58. The van der Waals surface area contributed by atoms with Gasteiger partial charge < -0.3 is 9.72 Å². The number of aromatic nitrogens is 1. The van der Waals surface area contributed by atoms with E-state index in [0.29, 0.717) is 5.56 Å². The molecule has 3 aromatic carbocycles. The Hall–Kier alpha value is -3.80. The third-order valence-electron chi connectivity index (χ3n) is 5.52. The number of hydrogen-bond acceptors (Lipinski definition) is 1. The fourth-order valence-corrected chi connectivity index (χ4v) is 4.00. The second kappa shape index (κ2) is 7.16. The van der Waals surface area contributed by atoms with Gasteiger partial charge in [0, 0.05) is 40.4 Å². The standard InChI is InChI=1S/C25H17F3N2O/c1-31-17-10-11-19-21(14-30-23(19)12-17)24(15-6-8-16(9-7-15)25(26,27)28)20-13-29-22-5-3-2-4-18(20)22/h2-14,30H,1H3/p+1/b24-20+. The molecule has 4 aromatic rings. The first-order valence-electron chi connectivity index (χ1n) is 9.72. The number of alkyl halides is 3. The van der Waals surface area contributed by atoms with Gasteiger partial charge in [-0.05, 0) is 35.9 Å². The largest absolute Gasteiger partial charge is 0.497 e. The van der Waals surface area contributed by atoms with E-state index in [1.165, 1.54) is 12.1 Å². The quantitative estimate of drug-likeness (QED) is 0.485. The SMILES string of the molecule is COc1ccc2c(/C(=C3\C=[NH+]c4ccccc43)c3ccc(C(F)(F)F)cc3)c[nH]c2c1. The number of allylic oxidation sites excluding steroid dienone is 1. The van der Waals surface area contributed by atoms with Crippen molar-refractivity contribution in [3.8, 4) is 5.75 Å². The van der Waals surface area contributed by atoms with Gasteiger partial charge in [0.1, 0.15) is 5.75 Å². The fourth-order valence-electron chi connectivity index (χ4n) is 4.00. The van der Waals surface area contributed by atoms with Crippen molar-refractivity contribution in [1.29, 1.82) is 0 Å². The zero-order valence-corrected chi connectivity index (χ0v) is 16.5. The van der Waals surface area contributed by atoms with E-state index in [9.17, 15) is 13.2 Å². The maximum atomic E-state index is 13.1. The van der Waals surface area contributed by atoms with Crippen molar-refractivity contribution in [3.05, 3.63) is 95.2 Å². The van der Waals surface area contributed by atoms with Crippen LogP contribution in [-0.2, 0) is 6.18 Å². The van der Waals surface area contributed by atoms with Gasteiger partial charge in [-0.15, -0.1) is 0 Å². The van der Waals surface area contributed by atoms with Crippen molar-refractivity contribution in [2.24, 2.45) is 0 Å². The molecular formula is C25H18F3N2O+. The highest BCUT2D eigenvalue weighted by molar-refractivity contribution is 6.24. The topological polar surface area (TPSA) is 39.0 Å². The van der Waals surface area contributed by atoms with E-state index in [2.05, 4.69) is 9.98 Å². The Morgan fingerprint density at radius 3 is 2.48 bits per heavy atom. The van der Waals surface area contributed by atoms with E-state index < -0.39 is 11.7 Å². The molecule has 0 aliphatic carbocycles. The maximum Gasteiger partial charge on any atom is 0.416 e. The Balaban J connectivity index is 1.76. The highest BCUT2D eigenvalue weighted by Gasteiger charge is 2.31. The van der Waals surface area contributed by atoms with Crippen molar-refractivity contribution in [3.63, 3.8) is 0 Å². The second-order valence-corrected chi connectivity index (χ2v) is 7.31. The Bertz CT molecular complexity index is 1350. The molecule has 154 valence electrons. The summed E-state index contributed by atoms with van der Waals surface area (Å²) < 4.78 is 44.7. The van der Waals surface area contributed by atoms with Crippen LogP contribution in [0.4, 0.5) is 18.9 Å². The molecule has 1 aliphatic rings. The molecule has 6 heteroatoms. The van der Waals surface area contributed by atoms with Gasteiger partial charge in [-0.2, -0.15) is 13.2 Å². The number of hydrogen-bond donors (Lipinski definition) is 2. The maximum absolute atomic E-state index is 13.1. The predicted octanol–water partition coefficient (Wildman–Crippen LogP) is 4.95. The first-order chi connectivity index (χ1) is 15.0. The van der Waals surface area contributed by atoms with Crippen LogP contribution in [0.3, 0.4) is 0 Å². The van der Waals surface area contributed by atoms with E-state index in [1.807, 2.05) is 54.9 Å². The number of H-pyrrole nitrogens is 1. The molecule has 0 amide bonds. The Morgan fingerprint density at radius 1 is 0.968 bits per heavy atom. The van der Waals surface area contributed by atoms with Crippen molar-refractivity contribution >= 4 is 34.0 Å². The number of halogens is 3. The number of fused-ring (bicyclic) bond motifs is 2. The molecule has 0 radical (unpaired) electrons. The number of methoxy groups -OCH3 is 1. The van der Waals surface area contributed by atoms with E-state index in [-0.39, 0.29) is 0 Å². The number of benzene rings is 3. The summed E-state index contributed by atoms with van der Waals surface area (Å²) in [5.74, 6) is 0.726. The van der Waals surface area contributed by atoms with Gasteiger partial charge in [-0.1, -0.05) is 24.3 Å². The number of nitrogens with one attached hydrogen (secondary N) is 2. The summed E-state index contributed by atoms with van der Waals surface area (Å²) in [4.78, 5) is 6.54. The van der Waals surface area contributed by atoms with Gasteiger partial charge in [-0.25, -0.2) is 4.99 Å². The van der Waals surface area contributed by atoms with E-state index in [4.69, 9.17) is 4.74 Å². The normalized spacial score (nSPS) is 14.7. The van der Waals surface area contributed by atoms with Crippen LogP contribution in [0, 0.1) is 0 Å². The summed E-state index contributed by atoms with van der Waals surface area (Å²) in [5.41, 5.74) is 5.56. The van der Waals surface area contributed by atoms with Gasteiger partial charge in [0.15, 0.2) is 6.21 Å². The highest BCUT2D eigenvalue weighted by Crippen LogP contribution is 2.39. The van der Waals surface area contributed by atoms with Crippen LogP contribution in [0.5, 0.6) is 5.75 Å². The second-order valence-electron chi connectivity index (χ2n) is 7.31. The monoisotopic (exact) mass is 419 g/mol. The zero-order chi connectivity index (χ0) is 21.6. The van der Waals surface area contributed by atoms with Gasteiger partial charge >= 0.3 is 6.18 Å². The lowest BCUT2D eigenvalue weighted by Gasteiger charge is -2.12. The molecule has 2 N–H and O–H groups in total. The van der Waals surface area contributed by atoms with Crippen LogP contribution in [0.1, 0.15) is 22.3 Å². The average molecular weight is 419 g/mol. The first-order valence-corrected chi connectivity index (χ1v) is 9.72. The average Bonchev–Trinajstić information content (AvgIpc) is 3.38. The van der Waals surface area contributed by atoms with Crippen LogP contribution in [0.15, 0.2) is 72.9 Å². The molecule has 2 heterocycles. The van der Waals surface area contributed by atoms with E-state index in [1.54, 1.807) is 7.11 Å². The molecule has 0 fully saturated rings. The summed E-state index contributed by atoms with van der Waals surface area (Å²) >= 11 is 0. The van der Waals surface area contributed by atoms with E-state index in [0.717, 1.165) is 56.7 Å². The van der Waals surface area contributed by atoms with Gasteiger partial charge in [0.2, 0.25) is 5.69 Å². The van der Waals surface area contributed by atoms with Gasteiger partial charge in [0.05, 0.1) is 23.8 Å². The number of rotatable bonds is 3. The number of ether oxygens (including phenoxy) is 1. The van der Waals surface area contributed by atoms with Crippen molar-refractivity contribution in [1.82, 2.24) is 4.98 Å². The predicted molar refractivity (Wildman–Crippen MR) is 115 cm³/mol. The molecule has 31 heavy (non-hydrogen) atoms. The fraction of sp³-hybridized carbons (Fsp3) is 0.0800. The highest BCUT2D eigenvalue weighted by atomic mass is 19.4. The van der Waals surface area contributed by atoms with Crippen LogP contribution in [0.25, 0.3) is 22.0 Å². The molecule has 5 rings (SSSR count). The summed E-state index contributed by atoms with van der Waals surface area (Å²) in [6.45, 7) is 0. The van der Waals surface area contributed by atoms with Crippen LogP contribution in [0.2, 0.25) is 0 Å². The Morgan fingerprint density at radius 2 is 1.74 bits per heavy atom. The molecule has 0 saturated heterocycles. The molecule has 0 bridgehead atoms. The lowest BCUT2D eigenvalue weighted by atomic mass is 9.89. The third kappa shape index (κ3) is 3.30. The Labute approximate surface area is 176 Å².